The molecule has 3 heteroatoms. The molecule has 0 saturated heterocycles. The smallest absolute Gasteiger partial charge is 0.310 e. The van der Waals surface area contributed by atoms with Gasteiger partial charge in [0.05, 0.1) is 5.92 Å². The third-order valence-corrected chi connectivity index (χ3v) is 1.52. The Morgan fingerprint density at radius 1 is 1.80 bits per heavy atom. The molecule has 0 aliphatic heterocycles. The number of halogens is 1. The Bertz CT molecular complexity index is 123. The Morgan fingerprint density at radius 3 is 2.70 bits per heavy atom. The Morgan fingerprint density at radius 2 is 2.40 bits per heavy atom. The molecule has 0 radical (unpaired) electrons. The predicted octanol–water partition coefficient (Wildman–Crippen LogP) is 1.89. The summed E-state index contributed by atoms with van der Waals surface area (Å²) in [5.41, 5.74) is 0. The summed E-state index contributed by atoms with van der Waals surface area (Å²) in [7, 11) is 0. The molecule has 0 aromatic heterocycles. The fraction of sp³-hybridized carbons (Fsp3) is 0.571. The number of rotatable bonds is 5. The molecule has 0 heterocycles. The minimum atomic E-state index is -0.819. The zero-order valence-corrected chi connectivity index (χ0v) is 6.47. The highest BCUT2D eigenvalue weighted by molar-refractivity contribution is 6.17. The van der Waals surface area contributed by atoms with Gasteiger partial charge in [-0.25, -0.2) is 0 Å². The lowest BCUT2D eigenvalue weighted by atomic mass is 10.1. The molecule has 0 aliphatic rings. The fourth-order valence-corrected chi connectivity index (χ4v) is 0.794. The van der Waals surface area contributed by atoms with Crippen molar-refractivity contribution in [3.8, 4) is 0 Å². The Kier molecular flexibility index (Phi) is 5.03. The van der Waals surface area contributed by atoms with Crippen LogP contribution in [0.5, 0.6) is 0 Å². The molecule has 58 valence electrons. The molecule has 10 heavy (non-hydrogen) atoms. The average Bonchev–Trinajstić information content (AvgIpc) is 1.89. The van der Waals surface area contributed by atoms with Gasteiger partial charge in [0.15, 0.2) is 0 Å². The summed E-state index contributed by atoms with van der Waals surface area (Å²) in [5.74, 6) is -0.740. The molecule has 0 aromatic carbocycles. The second-order valence-corrected chi connectivity index (χ2v) is 2.39. The third kappa shape index (κ3) is 3.51. The highest BCUT2D eigenvalue weighted by Gasteiger charge is 2.11. The van der Waals surface area contributed by atoms with Crippen LogP contribution in [0.4, 0.5) is 0 Å². The highest BCUT2D eigenvalue weighted by atomic mass is 35.5. The van der Waals surface area contributed by atoms with E-state index >= 15 is 0 Å². The summed E-state index contributed by atoms with van der Waals surface area (Å²) in [6.07, 6.45) is 2.75. The van der Waals surface area contributed by atoms with Crippen molar-refractivity contribution < 1.29 is 9.90 Å². The molecule has 1 N–H and O–H groups in total. The van der Waals surface area contributed by atoms with E-state index in [0.717, 1.165) is 6.42 Å². The van der Waals surface area contributed by atoms with E-state index in [1.165, 1.54) is 6.08 Å². The van der Waals surface area contributed by atoms with E-state index in [-0.39, 0.29) is 0 Å². The number of hydrogen-bond donors (Lipinski definition) is 1. The molecule has 0 bridgehead atoms. The van der Waals surface area contributed by atoms with E-state index in [2.05, 4.69) is 6.58 Å². The number of aliphatic carboxylic acids is 1. The van der Waals surface area contributed by atoms with Crippen LogP contribution in [0.2, 0.25) is 0 Å². The maximum absolute atomic E-state index is 10.3. The number of alkyl halides is 1. The molecule has 0 spiro atoms. The van der Waals surface area contributed by atoms with Crippen molar-refractivity contribution in [1.82, 2.24) is 0 Å². The van der Waals surface area contributed by atoms with Crippen LogP contribution in [0, 0.1) is 5.92 Å². The van der Waals surface area contributed by atoms with E-state index in [0.29, 0.717) is 12.3 Å². The summed E-state index contributed by atoms with van der Waals surface area (Å²) >= 11 is 5.38. The van der Waals surface area contributed by atoms with Crippen LogP contribution >= 0.6 is 11.6 Å². The van der Waals surface area contributed by atoms with Crippen LogP contribution < -0.4 is 0 Å². The van der Waals surface area contributed by atoms with Crippen molar-refractivity contribution in [3.05, 3.63) is 12.7 Å². The molecule has 0 fully saturated rings. The first-order chi connectivity index (χ1) is 4.72. The van der Waals surface area contributed by atoms with Crippen LogP contribution in [0.25, 0.3) is 0 Å². The van der Waals surface area contributed by atoms with Crippen LogP contribution in [0.1, 0.15) is 12.8 Å². The monoisotopic (exact) mass is 162 g/mol. The number of carboxylic acid groups (broad SMARTS) is 1. The average molecular weight is 163 g/mol. The minimum absolute atomic E-state index is 0.432. The van der Waals surface area contributed by atoms with Gasteiger partial charge < -0.3 is 5.11 Å². The molecular formula is C7H11ClO2. The highest BCUT2D eigenvalue weighted by Crippen LogP contribution is 2.07. The number of carbonyl (C=O) groups is 1. The first-order valence-electron chi connectivity index (χ1n) is 3.13. The summed E-state index contributed by atoms with van der Waals surface area (Å²) in [4.78, 5) is 10.3. The van der Waals surface area contributed by atoms with Crippen LogP contribution in [0.15, 0.2) is 12.7 Å². The van der Waals surface area contributed by atoms with E-state index in [1.54, 1.807) is 0 Å². The Hall–Kier alpha value is -0.500. The molecule has 0 aromatic rings. The third-order valence-electron chi connectivity index (χ3n) is 1.25. The molecule has 0 saturated carbocycles. The number of carboxylic acids is 1. The standard InChI is InChI=1S/C7H11ClO2/c1-2-6(7(9)10)4-3-5-8/h2,6H,1,3-5H2,(H,9,10). The predicted molar refractivity (Wildman–Crippen MR) is 41.3 cm³/mol. The second-order valence-electron chi connectivity index (χ2n) is 2.01. The fourth-order valence-electron chi connectivity index (χ4n) is 0.639. The van der Waals surface area contributed by atoms with Crippen molar-refractivity contribution in [2.75, 3.05) is 5.88 Å². The molecule has 0 rings (SSSR count). The maximum Gasteiger partial charge on any atom is 0.310 e. The van der Waals surface area contributed by atoms with Gasteiger partial charge in [0, 0.05) is 5.88 Å². The summed E-state index contributed by atoms with van der Waals surface area (Å²) < 4.78 is 0. The van der Waals surface area contributed by atoms with Crippen LogP contribution in [0.3, 0.4) is 0 Å². The van der Waals surface area contributed by atoms with Crippen LogP contribution in [-0.4, -0.2) is 17.0 Å². The molecule has 2 nitrogen and oxygen atoms in total. The van der Waals surface area contributed by atoms with Crippen LogP contribution in [-0.2, 0) is 4.79 Å². The van der Waals surface area contributed by atoms with Gasteiger partial charge >= 0.3 is 5.97 Å². The Balaban J connectivity index is 3.60. The Labute approximate surface area is 65.5 Å². The number of hydrogen-bond acceptors (Lipinski definition) is 1. The molecule has 0 aliphatic carbocycles. The largest absolute Gasteiger partial charge is 0.481 e. The lowest BCUT2D eigenvalue weighted by Crippen LogP contribution is -2.10. The lowest BCUT2D eigenvalue weighted by Gasteiger charge is -2.03. The molecule has 1 unspecified atom stereocenters. The SMILES string of the molecule is C=CC(CCCCl)C(=O)O. The zero-order chi connectivity index (χ0) is 7.98. The van der Waals surface area contributed by atoms with Gasteiger partial charge in [-0.05, 0) is 12.8 Å². The van der Waals surface area contributed by atoms with Crippen molar-refractivity contribution in [2.45, 2.75) is 12.8 Å². The van der Waals surface area contributed by atoms with Gasteiger partial charge in [0.25, 0.3) is 0 Å². The first-order valence-corrected chi connectivity index (χ1v) is 3.67. The summed E-state index contributed by atoms with van der Waals surface area (Å²) in [5, 5.41) is 8.49. The second kappa shape index (κ2) is 5.30. The summed E-state index contributed by atoms with van der Waals surface area (Å²) in [6, 6.07) is 0. The van der Waals surface area contributed by atoms with E-state index in [1.807, 2.05) is 0 Å². The summed E-state index contributed by atoms with van der Waals surface area (Å²) in [6.45, 7) is 3.41. The maximum atomic E-state index is 10.3. The molecular weight excluding hydrogens is 152 g/mol. The quantitative estimate of drug-likeness (QED) is 0.495. The first kappa shape index (κ1) is 9.50. The lowest BCUT2D eigenvalue weighted by molar-refractivity contribution is -0.140. The molecule has 0 amide bonds. The van der Waals surface area contributed by atoms with Gasteiger partial charge in [-0.15, -0.1) is 18.2 Å². The van der Waals surface area contributed by atoms with E-state index in [9.17, 15) is 4.79 Å². The van der Waals surface area contributed by atoms with Gasteiger partial charge in [-0.1, -0.05) is 6.08 Å². The van der Waals surface area contributed by atoms with Crippen molar-refractivity contribution in [1.29, 1.82) is 0 Å². The van der Waals surface area contributed by atoms with Gasteiger partial charge in [-0.2, -0.15) is 0 Å². The van der Waals surface area contributed by atoms with Gasteiger partial charge in [0.1, 0.15) is 0 Å². The topological polar surface area (TPSA) is 37.3 Å². The normalized spacial score (nSPS) is 12.5. The van der Waals surface area contributed by atoms with Crippen molar-refractivity contribution in [2.24, 2.45) is 5.92 Å². The zero-order valence-electron chi connectivity index (χ0n) is 5.72. The van der Waals surface area contributed by atoms with Crippen molar-refractivity contribution in [3.63, 3.8) is 0 Å². The van der Waals surface area contributed by atoms with Gasteiger partial charge in [0.2, 0.25) is 0 Å². The minimum Gasteiger partial charge on any atom is -0.481 e. The molecule has 1 atom stereocenters. The van der Waals surface area contributed by atoms with Crippen molar-refractivity contribution >= 4 is 17.6 Å². The van der Waals surface area contributed by atoms with E-state index < -0.39 is 11.9 Å². The van der Waals surface area contributed by atoms with Gasteiger partial charge in [-0.3, -0.25) is 4.79 Å². The van der Waals surface area contributed by atoms with E-state index in [4.69, 9.17) is 16.7 Å².